The summed E-state index contributed by atoms with van der Waals surface area (Å²) in [5.74, 6) is -0.874. The Labute approximate surface area is 230 Å². The number of β-lactam (4-membered cyclic amide) rings is 1. The van der Waals surface area contributed by atoms with E-state index in [9.17, 15) is 23.8 Å². The number of benzene rings is 3. The lowest BCUT2D eigenvalue weighted by Crippen LogP contribution is -2.68. The molecule has 12 nitrogen and oxygen atoms in total. The van der Waals surface area contributed by atoms with Crippen LogP contribution in [0.2, 0.25) is 0 Å². The van der Waals surface area contributed by atoms with Crippen molar-refractivity contribution < 1.29 is 42.9 Å². The molecule has 3 aromatic carbocycles. The summed E-state index contributed by atoms with van der Waals surface area (Å²) in [5, 5.41) is 13.3. The van der Waals surface area contributed by atoms with Crippen LogP contribution in [0.1, 0.15) is 18.1 Å². The van der Waals surface area contributed by atoms with Gasteiger partial charge in [-0.25, -0.2) is 14.0 Å². The van der Waals surface area contributed by atoms with Gasteiger partial charge in [0, 0.05) is 11.8 Å². The maximum absolute atomic E-state index is 12.6. The van der Waals surface area contributed by atoms with Gasteiger partial charge in [-0.05, 0) is 30.2 Å². The van der Waals surface area contributed by atoms with E-state index in [1.54, 1.807) is 18.2 Å². The average Bonchev–Trinajstić information content (AvgIpc) is 2.94. The molecule has 0 radical (unpaired) electrons. The number of hydrogen-bond donors (Lipinski definition) is 4. The summed E-state index contributed by atoms with van der Waals surface area (Å²) in [5.41, 5.74) is 2.20. The Morgan fingerprint density at radius 2 is 1.50 bits per heavy atom. The first-order chi connectivity index (χ1) is 19.1. The Balaban J connectivity index is 1.39. The zero-order valence-electron chi connectivity index (χ0n) is 21.4. The second-order valence-electron chi connectivity index (χ2n) is 8.87. The van der Waals surface area contributed by atoms with Crippen molar-refractivity contribution in [2.45, 2.75) is 32.2 Å². The third-order valence-electron chi connectivity index (χ3n) is 5.98. The van der Waals surface area contributed by atoms with Gasteiger partial charge >= 0.3 is 13.8 Å². The number of amides is 3. The fraction of sp³-hybridized carbons (Fsp3) is 0.222. The monoisotopic (exact) mass is 569 g/mol. The van der Waals surface area contributed by atoms with Gasteiger partial charge in [-0.15, -0.1) is 0 Å². The quantitative estimate of drug-likeness (QED) is 0.188. The van der Waals surface area contributed by atoms with Crippen molar-refractivity contribution in [1.29, 1.82) is 0 Å². The first kappa shape index (κ1) is 28.6. The molecular formula is C27H28N3O9P. The first-order valence-electron chi connectivity index (χ1n) is 12.2. The van der Waals surface area contributed by atoms with Crippen LogP contribution in [-0.2, 0) is 31.9 Å². The summed E-state index contributed by atoms with van der Waals surface area (Å²) in [6.07, 6.45) is -1.44. The fourth-order valence-electron chi connectivity index (χ4n) is 3.97. The average molecular weight is 570 g/mol. The summed E-state index contributed by atoms with van der Waals surface area (Å²) >= 11 is 0. The van der Waals surface area contributed by atoms with Crippen LogP contribution in [-0.4, -0.2) is 51.3 Å². The molecule has 1 aliphatic heterocycles. The Kier molecular flexibility index (Phi) is 9.05. The SMILES string of the molecule is C[C@H]1C(NC(=O)O)C(=O)N1P(=O)(O)OCC(=O)Nc1ccc(OCc2ccccc2)c(OCc2ccccc2)c1. The molecule has 4 N–H and O–H groups in total. The molecule has 3 amide bonds. The minimum absolute atomic E-state index is 0.247. The van der Waals surface area contributed by atoms with Crippen LogP contribution < -0.4 is 20.1 Å². The van der Waals surface area contributed by atoms with Crippen molar-refractivity contribution in [3.05, 3.63) is 90.0 Å². The number of hydrogen-bond acceptors (Lipinski definition) is 7. The van der Waals surface area contributed by atoms with Crippen molar-refractivity contribution in [2.24, 2.45) is 0 Å². The van der Waals surface area contributed by atoms with Crippen LogP contribution in [0.4, 0.5) is 10.5 Å². The molecule has 3 atom stereocenters. The van der Waals surface area contributed by atoms with E-state index in [0.717, 1.165) is 11.1 Å². The number of rotatable bonds is 12. The topological polar surface area (TPSA) is 164 Å². The highest BCUT2D eigenvalue weighted by Crippen LogP contribution is 2.52. The van der Waals surface area contributed by atoms with Crippen LogP contribution in [0.3, 0.4) is 0 Å². The van der Waals surface area contributed by atoms with Gasteiger partial charge in [-0.1, -0.05) is 60.7 Å². The maximum atomic E-state index is 12.6. The molecule has 0 spiro atoms. The number of carboxylic acid groups (broad SMARTS) is 1. The van der Waals surface area contributed by atoms with Crippen molar-refractivity contribution in [2.75, 3.05) is 11.9 Å². The lowest BCUT2D eigenvalue weighted by Gasteiger charge is -2.45. The van der Waals surface area contributed by atoms with Crippen molar-refractivity contribution >= 4 is 31.3 Å². The van der Waals surface area contributed by atoms with E-state index in [-0.39, 0.29) is 6.61 Å². The van der Waals surface area contributed by atoms with Gasteiger partial charge in [0.25, 0.3) is 11.8 Å². The van der Waals surface area contributed by atoms with Crippen molar-refractivity contribution in [1.82, 2.24) is 9.99 Å². The highest BCUT2D eigenvalue weighted by molar-refractivity contribution is 7.51. The normalized spacial score (nSPS) is 17.8. The zero-order valence-corrected chi connectivity index (χ0v) is 22.3. The van der Waals surface area contributed by atoms with Crippen molar-refractivity contribution in [3.63, 3.8) is 0 Å². The van der Waals surface area contributed by atoms with E-state index < -0.39 is 44.3 Å². The summed E-state index contributed by atoms with van der Waals surface area (Å²) in [4.78, 5) is 45.6. The van der Waals surface area contributed by atoms with E-state index in [4.69, 9.17) is 19.1 Å². The molecule has 2 unspecified atom stereocenters. The third kappa shape index (κ3) is 7.17. The highest BCUT2D eigenvalue weighted by atomic mass is 31.2. The van der Waals surface area contributed by atoms with Gasteiger partial charge in [0.15, 0.2) is 11.5 Å². The van der Waals surface area contributed by atoms with Gasteiger partial charge < -0.3 is 30.1 Å². The molecule has 0 saturated carbocycles. The molecule has 40 heavy (non-hydrogen) atoms. The maximum Gasteiger partial charge on any atom is 0.435 e. The Hall–Kier alpha value is -4.38. The minimum atomic E-state index is -4.70. The molecule has 210 valence electrons. The number of nitrogens with one attached hydrogen (secondary N) is 2. The van der Waals surface area contributed by atoms with Crippen LogP contribution in [0, 0.1) is 0 Å². The van der Waals surface area contributed by atoms with E-state index in [1.807, 2.05) is 66.0 Å². The lowest BCUT2D eigenvalue weighted by molar-refractivity contribution is -0.143. The standard InChI is InChI=1S/C27H28N3O9P/c1-18-25(29-27(33)34)26(32)30(18)40(35,36)39-17-24(31)28-21-12-13-22(37-15-19-8-4-2-5-9-19)23(14-21)38-16-20-10-6-3-7-11-20/h2-14,18,25,29H,15-17H2,1H3,(H,28,31)(H,33,34)(H,35,36)/t18-,25?/m0/s1. The summed E-state index contributed by atoms with van der Waals surface area (Å²) in [7, 11) is -4.70. The zero-order chi connectivity index (χ0) is 28.7. The van der Waals surface area contributed by atoms with Gasteiger partial charge in [0.2, 0.25) is 0 Å². The molecule has 1 aliphatic rings. The predicted octanol–water partition coefficient (Wildman–Crippen LogP) is 3.77. The summed E-state index contributed by atoms with van der Waals surface area (Å²) in [6.45, 7) is 1.08. The molecule has 0 bridgehead atoms. The highest BCUT2D eigenvalue weighted by Gasteiger charge is 2.54. The van der Waals surface area contributed by atoms with Gasteiger partial charge in [0.05, 0.1) is 6.04 Å². The molecule has 1 heterocycles. The fourth-order valence-corrected chi connectivity index (χ4v) is 5.35. The number of carbonyl (C=O) groups is 3. The minimum Gasteiger partial charge on any atom is -0.485 e. The van der Waals surface area contributed by atoms with E-state index in [0.29, 0.717) is 28.5 Å². The van der Waals surface area contributed by atoms with Gasteiger partial charge in [0.1, 0.15) is 25.9 Å². The van der Waals surface area contributed by atoms with Crippen LogP contribution >= 0.6 is 7.75 Å². The number of nitrogens with zero attached hydrogens (tertiary/aromatic N) is 1. The van der Waals surface area contributed by atoms with Crippen molar-refractivity contribution in [3.8, 4) is 11.5 Å². The number of carbonyl (C=O) groups excluding carboxylic acids is 2. The Morgan fingerprint density at radius 1 is 0.925 bits per heavy atom. The lowest BCUT2D eigenvalue weighted by atomic mass is 10.0. The second kappa shape index (κ2) is 12.6. The second-order valence-corrected chi connectivity index (χ2v) is 10.5. The largest absolute Gasteiger partial charge is 0.485 e. The molecule has 13 heteroatoms. The van der Waals surface area contributed by atoms with E-state index in [2.05, 4.69) is 5.32 Å². The number of ether oxygens (including phenoxy) is 2. The van der Waals surface area contributed by atoms with Gasteiger partial charge in [-0.3, -0.25) is 14.1 Å². The van der Waals surface area contributed by atoms with E-state index in [1.165, 1.54) is 6.92 Å². The van der Waals surface area contributed by atoms with Crippen LogP contribution in [0.5, 0.6) is 11.5 Å². The Bertz CT molecular complexity index is 1400. The van der Waals surface area contributed by atoms with E-state index >= 15 is 0 Å². The summed E-state index contributed by atoms with van der Waals surface area (Å²) in [6, 6.07) is 21.7. The van der Waals surface area contributed by atoms with Crippen LogP contribution in [0.25, 0.3) is 0 Å². The molecule has 1 saturated heterocycles. The van der Waals surface area contributed by atoms with Gasteiger partial charge in [-0.2, -0.15) is 0 Å². The molecule has 4 rings (SSSR count). The third-order valence-corrected chi connectivity index (χ3v) is 7.55. The molecule has 0 aromatic heterocycles. The Morgan fingerprint density at radius 3 is 2.05 bits per heavy atom. The molecular weight excluding hydrogens is 541 g/mol. The number of anilines is 1. The summed E-state index contributed by atoms with van der Waals surface area (Å²) < 4.78 is 29.9. The smallest absolute Gasteiger partial charge is 0.435 e. The predicted molar refractivity (Wildman–Crippen MR) is 144 cm³/mol. The van der Waals surface area contributed by atoms with Crippen LogP contribution in [0.15, 0.2) is 78.9 Å². The molecule has 3 aromatic rings. The molecule has 0 aliphatic carbocycles. The first-order valence-corrected chi connectivity index (χ1v) is 13.7. The molecule has 1 fully saturated rings.